The van der Waals surface area contributed by atoms with Crippen LogP contribution >= 0.6 is 0 Å². The largest absolute Gasteiger partial charge is 0.497 e. The van der Waals surface area contributed by atoms with Gasteiger partial charge in [0.2, 0.25) is 5.91 Å². The summed E-state index contributed by atoms with van der Waals surface area (Å²) in [6.07, 6.45) is 6.77. The molecule has 142 valence electrons. The Morgan fingerprint density at radius 1 is 1.22 bits per heavy atom. The van der Waals surface area contributed by atoms with E-state index < -0.39 is 18.0 Å². The number of methoxy groups -OCH3 is 1. The predicted molar refractivity (Wildman–Crippen MR) is 99.3 cm³/mol. The molecule has 0 spiro atoms. The number of benzene rings is 1. The topological polar surface area (TPSA) is 87.7 Å². The van der Waals surface area contributed by atoms with Gasteiger partial charge in [0, 0.05) is 6.54 Å². The Hall–Kier alpha value is -2.83. The van der Waals surface area contributed by atoms with Gasteiger partial charge in [-0.2, -0.15) is 0 Å². The van der Waals surface area contributed by atoms with Crippen molar-refractivity contribution in [2.45, 2.75) is 25.3 Å². The smallest absolute Gasteiger partial charge is 0.329 e. The van der Waals surface area contributed by atoms with Gasteiger partial charge in [-0.1, -0.05) is 12.2 Å². The van der Waals surface area contributed by atoms with E-state index in [2.05, 4.69) is 22.8 Å². The fourth-order valence-corrected chi connectivity index (χ4v) is 4.28. The molecule has 7 heteroatoms. The molecule has 1 heterocycles. The lowest BCUT2D eigenvalue weighted by Gasteiger charge is -2.19. The average Bonchev–Trinajstić information content (AvgIpc) is 3.36. The molecular formula is C20H23N3O4. The molecule has 7 nitrogen and oxygen atoms in total. The zero-order valence-corrected chi connectivity index (χ0v) is 15.2. The molecule has 4 unspecified atom stereocenters. The molecule has 3 aliphatic rings. The molecule has 0 radical (unpaired) electrons. The lowest BCUT2D eigenvalue weighted by atomic mass is 9.93. The van der Waals surface area contributed by atoms with E-state index in [1.807, 2.05) is 0 Å². The van der Waals surface area contributed by atoms with Crippen LogP contribution in [0.1, 0.15) is 19.3 Å². The summed E-state index contributed by atoms with van der Waals surface area (Å²) in [5, 5.41) is 5.53. The maximum Gasteiger partial charge on any atom is 0.329 e. The third-order valence-corrected chi connectivity index (χ3v) is 5.72. The first kappa shape index (κ1) is 17.6. The molecule has 1 aliphatic heterocycles. The number of allylic oxidation sites excluding steroid dienone is 2. The van der Waals surface area contributed by atoms with Gasteiger partial charge >= 0.3 is 6.03 Å². The minimum Gasteiger partial charge on any atom is -0.497 e. The van der Waals surface area contributed by atoms with Crippen LogP contribution in [0.2, 0.25) is 0 Å². The molecule has 1 saturated carbocycles. The second-order valence-electron chi connectivity index (χ2n) is 7.42. The third-order valence-electron chi connectivity index (χ3n) is 5.72. The third kappa shape index (κ3) is 3.41. The number of nitrogens with zero attached hydrogens (tertiary/aromatic N) is 1. The molecular weight excluding hydrogens is 346 g/mol. The molecule has 1 aromatic rings. The lowest BCUT2D eigenvalue weighted by Crippen LogP contribution is -2.38. The van der Waals surface area contributed by atoms with Crippen LogP contribution < -0.4 is 20.3 Å². The number of anilines is 1. The number of carbonyl (C=O) groups excluding carboxylic acids is 3. The molecule has 0 aromatic heterocycles. The van der Waals surface area contributed by atoms with Crippen LogP contribution in [-0.4, -0.2) is 37.5 Å². The Balaban J connectivity index is 1.32. The number of ether oxygens (including phenoxy) is 1. The predicted octanol–water partition coefficient (Wildman–Crippen LogP) is 1.84. The van der Waals surface area contributed by atoms with Gasteiger partial charge in [-0.15, -0.1) is 0 Å². The summed E-state index contributed by atoms with van der Waals surface area (Å²) in [7, 11) is 1.55. The zero-order chi connectivity index (χ0) is 19.0. The number of amides is 4. The number of imide groups is 1. The molecule has 4 amide bonds. The van der Waals surface area contributed by atoms with E-state index in [-0.39, 0.29) is 12.3 Å². The van der Waals surface area contributed by atoms with Gasteiger partial charge in [0.25, 0.3) is 5.91 Å². The Morgan fingerprint density at radius 2 is 2.00 bits per heavy atom. The van der Waals surface area contributed by atoms with Crippen molar-refractivity contribution in [1.82, 2.24) is 10.6 Å². The number of nitrogens with one attached hydrogen (secondary N) is 2. The number of carbonyl (C=O) groups is 3. The first-order chi connectivity index (χ1) is 13.0. The fourth-order valence-electron chi connectivity index (χ4n) is 4.28. The second-order valence-corrected chi connectivity index (χ2v) is 7.42. The Morgan fingerprint density at radius 3 is 2.63 bits per heavy atom. The van der Waals surface area contributed by atoms with Crippen molar-refractivity contribution in [3.8, 4) is 5.75 Å². The molecule has 1 saturated heterocycles. The fraction of sp³-hybridized carbons (Fsp3) is 0.450. The number of rotatable bonds is 6. The van der Waals surface area contributed by atoms with Crippen molar-refractivity contribution in [1.29, 1.82) is 0 Å². The van der Waals surface area contributed by atoms with Gasteiger partial charge < -0.3 is 15.4 Å². The maximum atomic E-state index is 12.6. The van der Waals surface area contributed by atoms with Crippen LogP contribution in [0.25, 0.3) is 0 Å². The van der Waals surface area contributed by atoms with Crippen LogP contribution in [0, 0.1) is 17.8 Å². The van der Waals surface area contributed by atoms with E-state index in [9.17, 15) is 14.4 Å². The molecule has 2 fully saturated rings. The Labute approximate surface area is 157 Å². The summed E-state index contributed by atoms with van der Waals surface area (Å²) >= 11 is 0. The quantitative estimate of drug-likeness (QED) is 0.592. The van der Waals surface area contributed by atoms with Crippen LogP contribution in [0.4, 0.5) is 10.5 Å². The monoisotopic (exact) mass is 369 g/mol. The van der Waals surface area contributed by atoms with E-state index in [4.69, 9.17) is 4.74 Å². The summed E-state index contributed by atoms with van der Waals surface area (Å²) in [5.41, 5.74) is 0.454. The van der Waals surface area contributed by atoms with Crippen LogP contribution in [0.15, 0.2) is 36.4 Å². The van der Waals surface area contributed by atoms with Gasteiger partial charge in [0.05, 0.1) is 19.2 Å². The molecule has 2 bridgehead atoms. The first-order valence-electron chi connectivity index (χ1n) is 9.28. The highest BCUT2D eigenvalue weighted by Gasteiger charge is 2.40. The number of hydrogen-bond acceptors (Lipinski definition) is 4. The normalized spacial score (nSPS) is 28.6. The Kier molecular flexibility index (Phi) is 4.59. The van der Waals surface area contributed by atoms with Crippen LogP contribution in [0.3, 0.4) is 0 Å². The molecule has 2 N–H and O–H groups in total. The second kappa shape index (κ2) is 7.06. The van der Waals surface area contributed by atoms with E-state index in [0.717, 1.165) is 11.3 Å². The van der Waals surface area contributed by atoms with Crippen molar-refractivity contribution in [2.24, 2.45) is 17.8 Å². The molecule has 2 aliphatic carbocycles. The molecule has 1 aromatic carbocycles. The minimum absolute atomic E-state index is 0.0477. The van der Waals surface area contributed by atoms with Gasteiger partial charge in [-0.05, 0) is 54.9 Å². The summed E-state index contributed by atoms with van der Waals surface area (Å²) < 4.78 is 5.09. The van der Waals surface area contributed by atoms with Gasteiger partial charge in [-0.3, -0.25) is 9.59 Å². The first-order valence-corrected chi connectivity index (χ1v) is 9.28. The maximum absolute atomic E-state index is 12.6. The highest BCUT2D eigenvalue weighted by molar-refractivity contribution is 6.22. The van der Waals surface area contributed by atoms with Crippen molar-refractivity contribution < 1.29 is 19.1 Å². The van der Waals surface area contributed by atoms with Gasteiger partial charge in [0.1, 0.15) is 11.8 Å². The van der Waals surface area contributed by atoms with Crippen molar-refractivity contribution in [3.05, 3.63) is 36.4 Å². The van der Waals surface area contributed by atoms with Crippen LogP contribution in [-0.2, 0) is 9.59 Å². The summed E-state index contributed by atoms with van der Waals surface area (Å²) in [6, 6.07) is 5.29. The number of hydrogen-bond donors (Lipinski definition) is 2. The highest BCUT2D eigenvalue weighted by atomic mass is 16.5. The van der Waals surface area contributed by atoms with Crippen molar-refractivity contribution in [2.75, 3.05) is 18.6 Å². The standard InChI is InChI=1S/C20H23N3O4/c1-27-16-6-4-15(5-7-16)23-19(25)17(22-20(23)26)10-18(24)21-11-14-9-12-2-3-13(14)8-12/h2-7,12-14,17H,8-11H2,1H3,(H,21,24)(H,22,26). The van der Waals surface area contributed by atoms with E-state index in [1.54, 1.807) is 31.4 Å². The van der Waals surface area contributed by atoms with Gasteiger partial charge in [0.15, 0.2) is 0 Å². The lowest BCUT2D eigenvalue weighted by molar-refractivity contribution is -0.125. The minimum atomic E-state index is -0.834. The van der Waals surface area contributed by atoms with Crippen molar-refractivity contribution >= 4 is 23.5 Å². The molecule has 27 heavy (non-hydrogen) atoms. The zero-order valence-electron chi connectivity index (χ0n) is 15.2. The van der Waals surface area contributed by atoms with E-state index >= 15 is 0 Å². The summed E-state index contributed by atoms with van der Waals surface area (Å²) in [5.74, 6) is 1.71. The molecule has 4 atom stereocenters. The van der Waals surface area contributed by atoms with E-state index in [1.165, 1.54) is 6.42 Å². The van der Waals surface area contributed by atoms with Crippen molar-refractivity contribution in [3.63, 3.8) is 0 Å². The van der Waals surface area contributed by atoms with Crippen LogP contribution in [0.5, 0.6) is 5.75 Å². The number of urea groups is 1. The van der Waals surface area contributed by atoms with Gasteiger partial charge in [-0.25, -0.2) is 9.69 Å². The number of fused-ring (bicyclic) bond motifs is 2. The summed E-state index contributed by atoms with van der Waals surface area (Å²) in [4.78, 5) is 38.1. The average molecular weight is 369 g/mol. The summed E-state index contributed by atoms with van der Waals surface area (Å²) in [6.45, 7) is 0.626. The Bertz CT molecular complexity index is 789. The van der Waals surface area contributed by atoms with E-state index in [0.29, 0.717) is 35.7 Å². The highest BCUT2D eigenvalue weighted by Crippen LogP contribution is 2.42. The SMILES string of the molecule is COc1ccc(N2C(=O)NC(CC(=O)NCC3CC4C=CC3C4)C2=O)cc1. The molecule has 4 rings (SSSR count).